The van der Waals surface area contributed by atoms with Crippen molar-refractivity contribution in [3.63, 3.8) is 0 Å². The first-order valence-corrected chi connectivity index (χ1v) is 8.27. The number of amides is 1. The summed E-state index contributed by atoms with van der Waals surface area (Å²) in [6.45, 7) is 3.95. The Morgan fingerprint density at radius 2 is 1.73 bits per heavy atom. The molecule has 0 saturated carbocycles. The van der Waals surface area contributed by atoms with E-state index in [-0.39, 0.29) is 5.91 Å². The minimum Gasteiger partial charge on any atom is -0.399 e. The van der Waals surface area contributed by atoms with Crippen LogP contribution in [0.1, 0.15) is 29.9 Å². The van der Waals surface area contributed by atoms with E-state index in [4.69, 9.17) is 5.73 Å². The molecule has 0 aliphatic rings. The van der Waals surface area contributed by atoms with Gasteiger partial charge in [0.2, 0.25) is 0 Å². The molecule has 3 N–H and O–H groups in total. The van der Waals surface area contributed by atoms with Gasteiger partial charge in [0.15, 0.2) is 5.82 Å². The topological polar surface area (TPSA) is 80.9 Å². The number of carbonyl (C=O) groups excluding carboxylic acids is 1. The van der Waals surface area contributed by atoms with Crippen LogP contribution in [0, 0.1) is 0 Å². The van der Waals surface area contributed by atoms with Crippen LogP contribution in [0.15, 0.2) is 66.4 Å². The van der Waals surface area contributed by atoms with Gasteiger partial charge < -0.3 is 11.1 Å². The Morgan fingerprint density at radius 1 is 1.04 bits per heavy atom. The number of hydrogen-bond acceptors (Lipinski definition) is 4. The van der Waals surface area contributed by atoms with Gasteiger partial charge in [0, 0.05) is 16.8 Å². The van der Waals surface area contributed by atoms with Crippen molar-refractivity contribution in [2.45, 2.75) is 13.8 Å². The molecule has 0 saturated heterocycles. The Balaban J connectivity index is 1.96. The van der Waals surface area contributed by atoms with E-state index in [1.807, 2.05) is 62.4 Å². The second kappa shape index (κ2) is 7.61. The molecular formula is C21H20N4O. The standard InChI is InChI=1S/C21H20N4O/c1-14(2)12-18-20(25-21(26)16-6-4-3-5-7-16)23-13-19(24-18)15-8-10-17(22)11-9-15/h3-13H,22H2,1-2H3,(H,23,25,26). The number of anilines is 2. The summed E-state index contributed by atoms with van der Waals surface area (Å²) in [4.78, 5) is 21.5. The second-order valence-corrected chi connectivity index (χ2v) is 6.15. The molecule has 5 heteroatoms. The van der Waals surface area contributed by atoms with Gasteiger partial charge in [-0.15, -0.1) is 0 Å². The first-order valence-electron chi connectivity index (χ1n) is 8.27. The van der Waals surface area contributed by atoms with Crippen molar-refractivity contribution in [2.24, 2.45) is 0 Å². The number of hydrogen-bond donors (Lipinski definition) is 2. The van der Waals surface area contributed by atoms with E-state index in [9.17, 15) is 4.79 Å². The molecule has 3 aromatic rings. The summed E-state index contributed by atoms with van der Waals surface area (Å²) in [5.74, 6) is 0.211. The molecule has 2 aromatic carbocycles. The predicted octanol–water partition coefficient (Wildman–Crippen LogP) is 4.40. The highest BCUT2D eigenvalue weighted by molar-refractivity contribution is 6.04. The lowest BCUT2D eigenvalue weighted by molar-refractivity contribution is 0.102. The van der Waals surface area contributed by atoms with Gasteiger partial charge in [-0.3, -0.25) is 4.79 Å². The van der Waals surface area contributed by atoms with Crippen molar-refractivity contribution >= 4 is 23.5 Å². The molecule has 0 spiro atoms. The number of nitrogens with two attached hydrogens (primary N) is 1. The van der Waals surface area contributed by atoms with Crippen molar-refractivity contribution in [1.29, 1.82) is 0 Å². The Hall–Kier alpha value is -3.47. The lowest BCUT2D eigenvalue weighted by atomic mass is 10.1. The number of aromatic nitrogens is 2. The van der Waals surface area contributed by atoms with Crippen LogP contribution < -0.4 is 11.1 Å². The highest BCUT2D eigenvalue weighted by Crippen LogP contribution is 2.22. The van der Waals surface area contributed by atoms with Crippen LogP contribution >= 0.6 is 0 Å². The van der Waals surface area contributed by atoms with Crippen LogP contribution in [-0.2, 0) is 0 Å². The van der Waals surface area contributed by atoms with Crippen LogP contribution in [0.4, 0.5) is 11.5 Å². The third-order valence-corrected chi connectivity index (χ3v) is 3.70. The number of carbonyl (C=O) groups is 1. The monoisotopic (exact) mass is 344 g/mol. The molecule has 1 amide bonds. The van der Waals surface area contributed by atoms with E-state index < -0.39 is 0 Å². The van der Waals surface area contributed by atoms with E-state index in [2.05, 4.69) is 15.3 Å². The average Bonchev–Trinajstić information content (AvgIpc) is 2.64. The summed E-state index contributed by atoms with van der Waals surface area (Å²) in [6, 6.07) is 16.5. The largest absolute Gasteiger partial charge is 0.399 e. The molecule has 0 fully saturated rings. The summed E-state index contributed by atoms with van der Waals surface area (Å²) in [5.41, 5.74) is 10.3. The molecule has 26 heavy (non-hydrogen) atoms. The second-order valence-electron chi connectivity index (χ2n) is 6.15. The van der Waals surface area contributed by atoms with Crippen molar-refractivity contribution in [3.8, 4) is 11.3 Å². The van der Waals surface area contributed by atoms with Crippen molar-refractivity contribution < 1.29 is 4.79 Å². The molecule has 0 atom stereocenters. The Morgan fingerprint density at radius 3 is 2.38 bits per heavy atom. The SMILES string of the molecule is CC(C)=Cc1nc(-c2ccc(N)cc2)cnc1NC(=O)c1ccccc1. The van der Waals surface area contributed by atoms with Gasteiger partial charge in [-0.1, -0.05) is 35.9 Å². The lowest BCUT2D eigenvalue weighted by Gasteiger charge is -2.10. The minimum absolute atomic E-state index is 0.219. The fraction of sp³-hybridized carbons (Fsp3) is 0.0952. The molecule has 0 aliphatic heterocycles. The maximum Gasteiger partial charge on any atom is 0.256 e. The van der Waals surface area contributed by atoms with Crippen LogP contribution in [0.25, 0.3) is 17.3 Å². The van der Waals surface area contributed by atoms with E-state index in [0.717, 1.165) is 16.8 Å². The fourth-order valence-electron chi connectivity index (χ4n) is 2.44. The molecule has 1 heterocycles. The molecule has 1 aromatic heterocycles. The summed E-state index contributed by atoms with van der Waals surface area (Å²) in [5, 5.41) is 2.84. The zero-order chi connectivity index (χ0) is 18.5. The number of nitrogens with zero attached hydrogens (tertiary/aromatic N) is 2. The highest BCUT2D eigenvalue weighted by atomic mass is 16.1. The normalized spacial score (nSPS) is 10.2. The summed E-state index contributed by atoms with van der Waals surface area (Å²) in [7, 11) is 0. The Bertz CT molecular complexity index is 944. The quantitative estimate of drug-likeness (QED) is 0.687. The third kappa shape index (κ3) is 4.13. The maximum absolute atomic E-state index is 12.4. The van der Waals surface area contributed by atoms with E-state index >= 15 is 0 Å². The Kier molecular flexibility index (Phi) is 5.08. The van der Waals surface area contributed by atoms with Gasteiger partial charge in [-0.25, -0.2) is 9.97 Å². The number of rotatable bonds is 4. The van der Waals surface area contributed by atoms with Gasteiger partial charge in [-0.2, -0.15) is 0 Å². The fourth-order valence-corrected chi connectivity index (χ4v) is 2.44. The first kappa shape index (κ1) is 17.4. The van der Waals surface area contributed by atoms with Gasteiger partial charge in [0.05, 0.1) is 11.9 Å². The van der Waals surface area contributed by atoms with Crippen LogP contribution in [-0.4, -0.2) is 15.9 Å². The van der Waals surface area contributed by atoms with Gasteiger partial charge >= 0.3 is 0 Å². The minimum atomic E-state index is -0.219. The zero-order valence-electron chi connectivity index (χ0n) is 14.7. The van der Waals surface area contributed by atoms with Crippen LogP contribution in [0.2, 0.25) is 0 Å². The molecule has 0 unspecified atom stereocenters. The highest BCUT2D eigenvalue weighted by Gasteiger charge is 2.12. The van der Waals surface area contributed by atoms with Gasteiger partial charge in [0.25, 0.3) is 5.91 Å². The molecular weight excluding hydrogens is 324 g/mol. The summed E-state index contributed by atoms with van der Waals surface area (Å²) < 4.78 is 0. The summed E-state index contributed by atoms with van der Waals surface area (Å²) in [6.07, 6.45) is 3.54. The van der Waals surface area contributed by atoms with Gasteiger partial charge in [0.1, 0.15) is 5.69 Å². The Labute approximate surface area is 152 Å². The third-order valence-electron chi connectivity index (χ3n) is 3.70. The van der Waals surface area contributed by atoms with Crippen LogP contribution in [0.5, 0.6) is 0 Å². The predicted molar refractivity (Wildman–Crippen MR) is 106 cm³/mol. The molecule has 0 bridgehead atoms. The zero-order valence-corrected chi connectivity index (χ0v) is 14.7. The number of benzene rings is 2. The van der Waals surface area contributed by atoms with Gasteiger partial charge in [-0.05, 0) is 44.2 Å². The summed E-state index contributed by atoms with van der Waals surface area (Å²) >= 11 is 0. The molecule has 3 rings (SSSR count). The lowest BCUT2D eigenvalue weighted by Crippen LogP contribution is -2.14. The van der Waals surface area contributed by atoms with E-state index in [1.54, 1.807) is 18.3 Å². The van der Waals surface area contributed by atoms with Crippen molar-refractivity contribution in [3.05, 3.63) is 77.6 Å². The van der Waals surface area contributed by atoms with Crippen LogP contribution in [0.3, 0.4) is 0 Å². The van der Waals surface area contributed by atoms with Crippen molar-refractivity contribution in [2.75, 3.05) is 11.1 Å². The molecule has 0 radical (unpaired) electrons. The van der Waals surface area contributed by atoms with E-state index in [0.29, 0.717) is 22.8 Å². The first-order chi connectivity index (χ1) is 12.5. The number of allylic oxidation sites excluding steroid dienone is 1. The number of nitrogen functional groups attached to an aromatic ring is 1. The molecule has 5 nitrogen and oxygen atoms in total. The van der Waals surface area contributed by atoms with Crippen molar-refractivity contribution in [1.82, 2.24) is 9.97 Å². The van der Waals surface area contributed by atoms with E-state index in [1.165, 1.54) is 0 Å². The molecule has 0 aliphatic carbocycles. The smallest absolute Gasteiger partial charge is 0.256 e. The molecule has 130 valence electrons. The average molecular weight is 344 g/mol. The number of nitrogens with one attached hydrogen (secondary N) is 1. The maximum atomic E-state index is 12.4.